The van der Waals surface area contributed by atoms with E-state index in [0.717, 1.165) is 12.8 Å². The van der Waals surface area contributed by atoms with Gasteiger partial charge in [-0.2, -0.15) is 0 Å². The zero-order valence-electron chi connectivity index (χ0n) is 11.1. The van der Waals surface area contributed by atoms with Crippen LogP contribution in [0.25, 0.3) is 0 Å². The lowest BCUT2D eigenvalue weighted by atomic mass is 10.1. The van der Waals surface area contributed by atoms with Gasteiger partial charge in [0.2, 0.25) is 15.9 Å². The zero-order valence-corrected chi connectivity index (χ0v) is 11.9. The molecule has 6 nitrogen and oxygen atoms in total. The normalized spacial score (nSPS) is 17.8. The quantitative estimate of drug-likeness (QED) is 0.586. The van der Waals surface area contributed by atoms with Gasteiger partial charge in [-0.3, -0.25) is 4.79 Å². The molecule has 1 rings (SSSR count). The van der Waals surface area contributed by atoms with Crippen molar-refractivity contribution in [3.05, 3.63) is 0 Å². The van der Waals surface area contributed by atoms with Gasteiger partial charge in [0.25, 0.3) is 0 Å². The smallest absolute Gasteiger partial charge is 0.227 e. The minimum absolute atomic E-state index is 0.00686. The molecule has 106 valence electrons. The molecule has 1 aliphatic carbocycles. The molecule has 0 aromatic heterocycles. The van der Waals surface area contributed by atoms with E-state index in [4.69, 9.17) is 5.73 Å². The van der Waals surface area contributed by atoms with Crippen LogP contribution in [0.1, 0.15) is 26.2 Å². The number of hydrogen-bond donors (Lipinski definition) is 2. The van der Waals surface area contributed by atoms with Crippen LogP contribution in [0, 0.1) is 5.41 Å². The number of sulfonamides is 1. The van der Waals surface area contributed by atoms with Crippen molar-refractivity contribution in [1.29, 1.82) is 0 Å². The lowest BCUT2D eigenvalue weighted by Crippen LogP contribution is -2.38. The summed E-state index contributed by atoms with van der Waals surface area (Å²) in [7, 11) is -3.14. The molecule has 18 heavy (non-hydrogen) atoms. The van der Waals surface area contributed by atoms with Crippen molar-refractivity contribution in [3.63, 3.8) is 0 Å². The van der Waals surface area contributed by atoms with E-state index in [-0.39, 0.29) is 11.3 Å². The van der Waals surface area contributed by atoms with Crippen molar-refractivity contribution in [1.82, 2.24) is 9.62 Å². The van der Waals surface area contributed by atoms with E-state index in [9.17, 15) is 13.2 Å². The van der Waals surface area contributed by atoms with Crippen molar-refractivity contribution in [2.75, 3.05) is 32.4 Å². The minimum Gasteiger partial charge on any atom is -0.356 e. The van der Waals surface area contributed by atoms with Gasteiger partial charge in [-0.05, 0) is 19.3 Å². The fraction of sp³-hybridized carbons (Fsp3) is 0.909. The largest absolute Gasteiger partial charge is 0.356 e. The summed E-state index contributed by atoms with van der Waals surface area (Å²) < 4.78 is 24.1. The second kappa shape index (κ2) is 5.99. The number of amides is 1. The van der Waals surface area contributed by atoms with Gasteiger partial charge in [0.1, 0.15) is 0 Å². The van der Waals surface area contributed by atoms with Crippen molar-refractivity contribution in [2.45, 2.75) is 26.2 Å². The van der Waals surface area contributed by atoms with Crippen LogP contribution in [-0.2, 0) is 14.8 Å². The van der Waals surface area contributed by atoms with Gasteiger partial charge in [-0.15, -0.1) is 0 Å². The number of carbonyl (C=O) groups is 1. The van der Waals surface area contributed by atoms with Gasteiger partial charge in [-0.1, -0.05) is 6.92 Å². The molecule has 1 fully saturated rings. The highest BCUT2D eigenvalue weighted by molar-refractivity contribution is 7.88. The maximum absolute atomic E-state index is 11.7. The maximum atomic E-state index is 11.7. The number of nitrogens with zero attached hydrogens (tertiary/aromatic N) is 1. The second-order valence-electron chi connectivity index (χ2n) is 4.85. The SMILES string of the molecule is CCN(CCCNC(=O)C1(CN)CC1)S(C)(=O)=O. The molecule has 0 spiro atoms. The van der Waals surface area contributed by atoms with E-state index in [1.54, 1.807) is 6.92 Å². The molecular formula is C11H23N3O3S. The molecule has 1 aliphatic rings. The Morgan fingerprint density at radius 1 is 1.44 bits per heavy atom. The number of nitrogens with one attached hydrogen (secondary N) is 1. The number of hydrogen-bond acceptors (Lipinski definition) is 4. The predicted octanol–water partition coefficient (Wildman–Crippen LogP) is -0.487. The van der Waals surface area contributed by atoms with Crippen LogP contribution >= 0.6 is 0 Å². The van der Waals surface area contributed by atoms with Gasteiger partial charge in [0.15, 0.2) is 0 Å². The fourth-order valence-corrected chi connectivity index (χ4v) is 2.81. The lowest BCUT2D eigenvalue weighted by Gasteiger charge is -2.18. The van der Waals surface area contributed by atoms with Crippen LogP contribution in [0.4, 0.5) is 0 Å². The van der Waals surface area contributed by atoms with E-state index in [0.29, 0.717) is 32.6 Å². The van der Waals surface area contributed by atoms with Gasteiger partial charge in [0, 0.05) is 26.2 Å². The highest BCUT2D eigenvalue weighted by atomic mass is 32.2. The fourth-order valence-electron chi connectivity index (χ4n) is 1.88. The molecule has 0 aliphatic heterocycles. The van der Waals surface area contributed by atoms with E-state index in [2.05, 4.69) is 5.32 Å². The van der Waals surface area contributed by atoms with Crippen LogP contribution in [-0.4, -0.2) is 51.1 Å². The molecule has 0 radical (unpaired) electrons. The third-order valence-electron chi connectivity index (χ3n) is 3.42. The molecule has 0 aromatic carbocycles. The van der Waals surface area contributed by atoms with Crippen LogP contribution in [0.5, 0.6) is 0 Å². The Morgan fingerprint density at radius 3 is 2.44 bits per heavy atom. The Morgan fingerprint density at radius 2 is 2.06 bits per heavy atom. The molecular weight excluding hydrogens is 254 g/mol. The van der Waals surface area contributed by atoms with E-state index < -0.39 is 10.0 Å². The predicted molar refractivity (Wildman–Crippen MR) is 70.4 cm³/mol. The summed E-state index contributed by atoms with van der Waals surface area (Å²) in [6, 6.07) is 0. The summed E-state index contributed by atoms with van der Waals surface area (Å²) in [4.78, 5) is 11.7. The van der Waals surface area contributed by atoms with Crippen LogP contribution < -0.4 is 11.1 Å². The zero-order chi connectivity index (χ0) is 13.8. The number of rotatable bonds is 8. The van der Waals surface area contributed by atoms with Crippen molar-refractivity contribution in [2.24, 2.45) is 11.1 Å². The first kappa shape index (κ1) is 15.4. The molecule has 0 aromatic rings. The monoisotopic (exact) mass is 277 g/mol. The Labute approximate surface area is 109 Å². The summed E-state index contributed by atoms with van der Waals surface area (Å²) in [5, 5.41) is 2.83. The molecule has 0 bridgehead atoms. The molecule has 0 unspecified atom stereocenters. The van der Waals surface area contributed by atoms with Gasteiger partial charge >= 0.3 is 0 Å². The molecule has 0 atom stereocenters. The van der Waals surface area contributed by atoms with Crippen molar-refractivity contribution < 1.29 is 13.2 Å². The molecule has 7 heteroatoms. The molecule has 1 saturated carbocycles. The topological polar surface area (TPSA) is 92.5 Å². The number of carbonyl (C=O) groups excluding carboxylic acids is 1. The average Bonchev–Trinajstić information content (AvgIpc) is 3.07. The Hall–Kier alpha value is -0.660. The molecule has 0 saturated heterocycles. The summed E-state index contributed by atoms with van der Waals surface area (Å²) in [6.45, 7) is 3.58. The minimum atomic E-state index is -3.14. The first-order valence-corrected chi connectivity index (χ1v) is 8.14. The number of nitrogens with two attached hydrogens (primary N) is 1. The molecule has 1 amide bonds. The second-order valence-corrected chi connectivity index (χ2v) is 6.83. The Bertz CT molecular complexity index is 390. The van der Waals surface area contributed by atoms with Gasteiger partial charge < -0.3 is 11.1 Å². The Balaban J connectivity index is 2.25. The maximum Gasteiger partial charge on any atom is 0.227 e. The summed E-state index contributed by atoms with van der Waals surface area (Å²) in [5.74, 6) is 0.00686. The molecule has 3 N–H and O–H groups in total. The molecule has 0 heterocycles. The summed E-state index contributed by atoms with van der Waals surface area (Å²) in [6.07, 6.45) is 3.54. The van der Waals surface area contributed by atoms with Crippen molar-refractivity contribution in [3.8, 4) is 0 Å². The lowest BCUT2D eigenvalue weighted by molar-refractivity contribution is -0.125. The standard InChI is InChI=1S/C11H23N3O3S/c1-3-14(18(2,16)17)8-4-7-13-10(15)11(9-12)5-6-11/h3-9,12H2,1-2H3,(H,13,15). The van der Waals surface area contributed by atoms with E-state index in [1.807, 2.05) is 0 Å². The first-order chi connectivity index (χ1) is 8.35. The van der Waals surface area contributed by atoms with E-state index >= 15 is 0 Å². The highest BCUT2D eigenvalue weighted by Gasteiger charge is 2.48. The van der Waals surface area contributed by atoms with E-state index in [1.165, 1.54) is 10.6 Å². The Kier molecular flexibility index (Phi) is 5.12. The summed E-state index contributed by atoms with van der Waals surface area (Å²) >= 11 is 0. The van der Waals surface area contributed by atoms with Gasteiger partial charge in [0.05, 0.1) is 11.7 Å². The third kappa shape index (κ3) is 3.93. The van der Waals surface area contributed by atoms with Gasteiger partial charge in [-0.25, -0.2) is 12.7 Å². The van der Waals surface area contributed by atoms with Crippen LogP contribution in [0.3, 0.4) is 0 Å². The van der Waals surface area contributed by atoms with Crippen LogP contribution in [0.15, 0.2) is 0 Å². The highest BCUT2D eigenvalue weighted by Crippen LogP contribution is 2.44. The van der Waals surface area contributed by atoms with Crippen molar-refractivity contribution >= 4 is 15.9 Å². The average molecular weight is 277 g/mol. The van der Waals surface area contributed by atoms with Crippen LogP contribution in [0.2, 0.25) is 0 Å². The third-order valence-corrected chi connectivity index (χ3v) is 4.80. The summed E-state index contributed by atoms with van der Waals surface area (Å²) in [5.41, 5.74) is 5.22. The first-order valence-electron chi connectivity index (χ1n) is 6.29.